The monoisotopic (exact) mass is 394 g/mol. The largest absolute Gasteiger partial charge is 0.297 e. The fourth-order valence-electron chi connectivity index (χ4n) is 2.54. The van der Waals surface area contributed by atoms with E-state index in [4.69, 9.17) is 23.2 Å². The number of hydrogen-bond donors (Lipinski definition) is 0. The molecule has 1 aliphatic heterocycles. The summed E-state index contributed by atoms with van der Waals surface area (Å²) >= 11 is 15.8. The van der Waals surface area contributed by atoms with Crippen LogP contribution < -0.4 is 0 Å². The number of thioether (sulfide) groups is 2. The van der Waals surface area contributed by atoms with Crippen LogP contribution in [-0.2, 0) is 0 Å². The molecule has 8 heteroatoms. The van der Waals surface area contributed by atoms with E-state index in [0.717, 1.165) is 38.0 Å². The smallest absolute Gasteiger partial charge is 0.191 e. The second kappa shape index (κ2) is 6.96. The summed E-state index contributed by atoms with van der Waals surface area (Å²) in [6.45, 7) is 0. The lowest BCUT2D eigenvalue weighted by atomic mass is 10.2. The lowest BCUT2D eigenvalue weighted by Gasteiger charge is -2.14. The summed E-state index contributed by atoms with van der Waals surface area (Å²) in [6.07, 6.45) is 3.54. The molecule has 0 radical (unpaired) electrons. The Morgan fingerprint density at radius 3 is 2.83 bits per heavy atom. The molecule has 4 nitrogen and oxygen atoms in total. The number of nitrogens with zero attached hydrogens (tertiary/aromatic N) is 4. The first-order valence-electron chi connectivity index (χ1n) is 7.28. The number of pyridine rings is 1. The summed E-state index contributed by atoms with van der Waals surface area (Å²) in [5, 5.41) is 11.1. The van der Waals surface area contributed by atoms with Gasteiger partial charge in [0, 0.05) is 39.4 Å². The predicted octanol–water partition coefficient (Wildman–Crippen LogP) is 5.09. The van der Waals surface area contributed by atoms with Crippen molar-refractivity contribution in [2.24, 2.45) is 0 Å². The highest BCUT2D eigenvalue weighted by Crippen LogP contribution is 2.40. The first-order chi connectivity index (χ1) is 11.7. The number of benzene rings is 1. The van der Waals surface area contributed by atoms with Gasteiger partial charge >= 0.3 is 0 Å². The van der Waals surface area contributed by atoms with Gasteiger partial charge in [-0.2, -0.15) is 0 Å². The zero-order chi connectivity index (χ0) is 16.5. The van der Waals surface area contributed by atoms with Crippen LogP contribution in [0.1, 0.15) is 6.04 Å². The average Bonchev–Trinajstić information content (AvgIpc) is 3.19. The van der Waals surface area contributed by atoms with E-state index in [1.54, 1.807) is 42.0 Å². The molecule has 4 rings (SSSR count). The van der Waals surface area contributed by atoms with Crippen LogP contribution in [0.2, 0.25) is 10.0 Å². The molecule has 0 saturated carbocycles. The van der Waals surface area contributed by atoms with E-state index in [9.17, 15) is 0 Å². The van der Waals surface area contributed by atoms with E-state index < -0.39 is 0 Å². The number of fused-ring (bicyclic) bond motifs is 1. The van der Waals surface area contributed by atoms with Gasteiger partial charge in [-0.3, -0.25) is 9.55 Å². The van der Waals surface area contributed by atoms with Crippen molar-refractivity contribution >= 4 is 46.7 Å². The van der Waals surface area contributed by atoms with Crippen LogP contribution >= 0.6 is 46.7 Å². The van der Waals surface area contributed by atoms with E-state index in [2.05, 4.69) is 19.7 Å². The van der Waals surface area contributed by atoms with Gasteiger partial charge in [-0.1, -0.05) is 35.0 Å². The number of rotatable bonds is 4. The van der Waals surface area contributed by atoms with Gasteiger partial charge < -0.3 is 0 Å². The van der Waals surface area contributed by atoms with Gasteiger partial charge in [0.25, 0.3) is 0 Å². The Bertz CT molecular complexity index is 870. The van der Waals surface area contributed by atoms with Gasteiger partial charge in [0.2, 0.25) is 0 Å². The lowest BCUT2D eigenvalue weighted by molar-refractivity contribution is 0.597. The summed E-state index contributed by atoms with van der Waals surface area (Å²) in [5.41, 5.74) is 1.03. The molecule has 3 aromatic rings. The van der Waals surface area contributed by atoms with Crippen molar-refractivity contribution in [3.05, 3.63) is 52.8 Å². The standard InChI is InChI=1S/C16H12Cl2N4S2/c17-11-1-2-13(18)14(7-11)23-8-12-9-24-16-21-20-15(22(12)16)10-3-5-19-6-4-10/h1-7,12H,8-9H2. The zero-order valence-electron chi connectivity index (χ0n) is 12.4. The number of aromatic nitrogens is 4. The van der Waals surface area contributed by atoms with Gasteiger partial charge in [0.15, 0.2) is 11.0 Å². The molecule has 0 fully saturated rings. The zero-order valence-corrected chi connectivity index (χ0v) is 15.5. The fraction of sp³-hybridized carbons (Fsp3) is 0.188. The van der Waals surface area contributed by atoms with Gasteiger partial charge in [-0.05, 0) is 30.3 Å². The van der Waals surface area contributed by atoms with Gasteiger partial charge in [0.05, 0.1) is 11.1 Å². The van der Waals surface area contributed by atoms with E-state index in [0.29, 0.717) is 11.1 Å². The Labute approximate surface area is 158 Å². The first kappa shape index (κ1) is 16.3. The molecule has 1 aromatic carbocycles. The van der Waals surface area contributed by atoms with Crippen molar-refractivity contribution in [1.82, 2.24) is 19.7 Å². The van der Waals surface area contributed by atoms with Crippen LogP contribution in [0.5, 0.6) is 0 Å². The van der Waals surface area contributed by atoms with Crippen LogP contribution in [-0.4, -0.2) is 31.3 Å². The molecule has 0 N–H and O–H groups in total. The third-order valence-electron chi connectivity index (χ3n) is 3.70. The Kier molecular flexibility index (Phi) is 4.72. The predicted molar refractivity (Wildman–Crippen MR) is 100 cm³/mol. The van der Waals surface area contributed by atoms with E-state index in [1.807, 2.05) is 24.3 Å². The van der Waals surface area contributed by atoms with Crippen LogP contribution in [0.4, 0.5) is 0 Å². The van der Waals surface area contributed by atoms with E-state index in [-0.39, 0.29) is 0 Å². The Morgan fingerprint density at radius 2 is 2.00 bits per heavy atom. The second-order valence-corrected chi connectivity index (χ2v) is 8.16. The minimum absolute atomic E-state index is 0.309. The van der Waals surface area contributed by atoms with Crippen molar-refractivity contribution in [1.29, 1.82) is 0 Å². The van der Waals surface area contributed by atoms with Crippen molar-refractivity contribution in [2.75, 3.05) is 11.5 Å². The molecular weight excluding hydrogens is 383 g/mol. The SMILES string of the molecule is Clc1ccc(Cl)c(SCC2CSc3nnc(-c4ccncc4)n32)c1. The fourth-order valence-corrected chi connectivity index (χ4v) is 5.35. The molecule has 0 saturated heterocycles. The van der Waals surface area contributed by atoms with E-state index in [1.165, 1.54) is 0 Å². The van der Waals surface area contributed by atoms with Gasteiger partial charge in [-0.25, -0.2) is 0 Å². The van der Waals surface area contributed by atoms with Crippen LogP contribution in [0.25, 0.3) is 11.4 Å². The van der Waals surface area contributed by atoms with Crippen LogP contribution in [0, 0.1) is 0 Å². The first-order valence-corrected chi connectivity index (χ1v) is 10.0. The quantitative estimate of drug-likeness (QED) is 0.576. The van der Waals surface area contributed by atoms with E-state index >= 15 is 0 Å². The number of hydrogen-bond acceptors (Lipinski definition) is 5. The normalized spacial score (nSPS) is 16.3. The van der Waals surface area contributed by atoms with Crippen molar-refractivity contribution in [2.45, 2.75) is 16.1 Å². The highest BCUT2D eigenvalue weighted by Gasteiger charge is 2.28. The number of halogens is 2. The van der Waals surface area contributed by atoms with Crippen LogP contribution in [0.15, 0.2) is 52.8 Å². The Morgan fingerprint density at radius 1 is 1.17 bits per heavy atom. The topological polar surface area (TPSA) is 43.6 Å². The molecule has 3 heterocycles. The summed E-state index contributed by atoms with van der Waals surface area (Å²) in [4.78, 5) is 5.07. The lowest BCUT2D eigenvalue weighted by Crippen LogP contribution is -2.11. The molecule has 0 amide bonds. The van der Waals surface area contributed by atoms with Crippen molar-refractivity contribution in [3.63, 3.8) is 0 Å². The Hall–Kier alpha value is -1.21. The molecule has 2 aromatic heterocycles. The molecule has 1 unspecified atom stereocenters. The summed E-state index contributed by atoms with van der Waals surface area (Å²) in [5.74, 6) is 2.75. The third kappa shape index (κ3) is 3.16. The second-order valence-electron chi connectivity index (χ2n) is 5.26. The van der Waals surface area contributed by atoms with Crippen molar-refractivity contribution < 1.29 is 0 Å². The molecule has 0 spiro atoms. The molecule has 1 aliphatic rings. The molecule has 122 valence electrons. The highest BCUT2D eigenvalue weighted by molar-refractivity contribution is 8.00. The minimum Gasteiger partial charge on any atom is -0.297 e. The molecule has 24 heavy (non-hydrogen) atoms. The third-order valence-corrected chi connectivity index (χ3v) is 6.66. The minimum atomic E-state index is 0.309. The summed E-state index contributed by atoms with van der Waals surface area (Å²) in [7, 11) is 0. The Balaban J connectivity index is 1.58. The van der Waals surface area contributed by atoms with Gasteiger partial charge in [0.1, 0.15) is 0 Å². The summed E-state index contributed by atoms with van der Waals surface area (Å²) in [6, 6.07) is 9.77. The molecular formula is C16H12Cl2N4S2. The van der Waals surface area contributed by atoms with Crippen molar-refractivity contribution in [3.8, 4) is 11.4 Å². The maximum Gasteiger partial charge on any atom is 0.191 e. The summed E-state index contributed by atoms with van der Waals surface area (Å²) < 4.78 is 2.21. The maximum atomic E-state index is 6.26. The van der Waals surface area contributed by atoms with Gasteiger partial charge in [-0.15, -0.1) is 22.0 Å². The van der Waals surface area contributed by atoms with Crippen LogP contribution in [0.3, 0.4) is 0 Å². The molecule has 0 bridgehead atoms. The average molecular weight is 395 g/mol. The highest BCUT2D eigenvalue weighted by atomic mass is 35.5. The molecule has 1 atom stereocenters. The maximum absolute atomic E-state index is 6.26. The molecule has 0 aliphatic carbocycles.